The molecule has 110 valence electrons. The monoisotopic (exact) mass is 341 g/mol. The summed E-state index contributed by atoms with van der Waals surface area (Å²) in [5.41, 5.74) is 1.22. The molecule has 0 fully saturated rings. The Kier molecular flexibility index (Phi) is 5.43. The Balaban J connectivity index is 1.89. The van der Waals surface area contributed by atoms with Crippen molar-refractivity contribution in [2.45, 2.75) is 26.4 Å². The van der Waals surface area contributed by atoms with E-state index >= 15 is 0 Å². The van der Waals surface area contributed by atoms with Gasteiger partial charge in [-0.2, -0.15) is 0 Å². The van der Waals surface area contributed by atoms with Crippen LogP contribution in [-0.2, 0) is 16.0 Å². The Hall–Kier alpha value is -1.07. The number of ether oxygens (including phenoxy) is 2. The van der Waals surface area contributed by atoms with E-state index in [-0.39, 0.29) is 12.1 Å². The smallest absolute Gasteiger partial charge is 0.320 e. The van der Waals surface area contributed by atoms with Gasteiger partial charge in [0.05, 0.1) is 13.2 Å². The van der Waals surface area contributed by atoms with Crippen LogP contribution in [0.2, 0.25) is 0 Å². The normalized spacial score (nSPS) is 16.9. The third kappa shape index (κ3) is 3.96. The van der Waals surface area contributed by atoms with Gasteiger partial charge in [0.15, 0.2) is 0 Å². The highest BCUT2D eigenvalue weighted by molar-refractivity contribution is 9.10. The molecule has 4 nitrogen and oxygen atoms in total. The first kappa shape index (κ1) is 15.3. The molecule has 0 saturated heterocycles. The Morgan fingerprint density at radius 1 is 1.50 bits per heavy atom. The molecular formula is C15H20BrNO3. The number of rotatable bonds is 6. The highest BCUT2D eigenvalue weighted by Gasteiger charge is 2.25. The van der Waals surface area contributed by atoms with Gasteiger partial charge >= 0.3 is 5.97 Å². The van der Waals surface area contributed by atoms with E-state index in [2.05, 4.69) is 26.9 Å². The number of likely N-dealkylation sites (N-methyl/N-ethyl adjacent to an activating group) is 1. The zero-order valence-corrected chi connectivity index (χ0v) is 13.5. The third-order valence-corrected chi connectivity index (χ3v) is 3.82. The van der Waals surface area contributed by atoms with Crippen molar-refractivity contribution in [3.63, 3.8) is 0 Å². The van der Waals surface area contributed by atoms with Gasteiger partial charge in [0.25, 0.3) is 0 Å². The topological polar surface area (TPSA) is 38.8 Å². The average Bonchev–Trinajstić information content (AvgIpc) is 2.79. The van der Waals surface area contributed by atoms with Gasteiger partial charge in [-0.05, 0) is 37.2 Å². The third-order valence-electron chi connectivity index (χ3n) is 3.33. The molecule has 1 aromatic carbocycles. The fourth-order valence-corrected chi connectivity index (χ4v) is 2.78. The van der Waals surface area contributed by atoms with Crippen LogP contribution in [0.15, 0.2) is 22.7 Å². The lowest BCUT2D eigenvalue weighted by Crippen LogP contribution is -2.38. The minimum atomic E-state index is -0.174. The van der Waals surface area contributed by atoms with Crippen LogP contribution in [0.1, 0.15) is 19.4 Å². The highest BCUT2D eigenvalue weighted by atomic mass is 79.9. The number of hydrogen-bond acceptors (Lipinski definition) is 4. The Labute approximate surface area is 128 Å². The van der Waals surface area contributed by atoms with Gasteiger partial charge in [-0.25, -0.2) is 0 Å². The number of benzene rings is 1. The van der Waals surface area contributed by atoms with Crippen LogP contribution in [0.4, 0.5) is 0 Å². The van der Waals surface area contributed by atoms with Crippen LogP contribution >= 0.6 is 15.9 Å². The summed E-state index contributed by atoms with van der Waals surface area (Å²) in [6.45, 7) is 6.15. The predicted molar refractivity (Wildman–Crippen MR) is 81.0 cm³/mol. The number of nitrogens with zero attached hydrogens (tertiary/aromatic N) is 1. The molecule has 2 rings (SSSR count). The van der Waals surface area contributed by atoms with Crippen molar-refractivity contribution >= 4 is 21.9 Å². The maximum atomic E-state index is 11.5. The molecule has 1 unspecified atom stereocenters. The van der Waals surface area contributed by atoms with E-state index in [1.165, 1.54) is 5.56 Å². The van der Waals surface area contributed by atoms with Crippen molar-refractivity contribution in [2.75, 3.05) is 26.2 Å². The number of fused-ring (bicyclic) bond motifs is 1. The first-order chi connectivity index (χ1) is 9.62. The summed E-state index contributed by atoms with van der Waals surface area (Å²) in [5, 5.41) is 0. The number of halogens is 1. The summed E-state index contributed by atoms with van der Waals surface area (Å²) in [6, 6.07) is 6.06. The van der Waals surface area contributed by atoms with Gasteiger partial charge in [-0.3, -0.25) is 9.69 Å². The van der Waals surface area contributed by atoms with E-state index in [0.717, 1.165) is 29.7 Å². The van der Waals surface area contributed by atoms with Crippen LogP contribution in [0.3, 0.4) is 0 Å². The number of hydrogen-bond donors (Lipinski definition) is 0. The van der Waals surface area contributed by atoms with Crippen LogP contribution < -0.4 is 4.74 Å². The van der Waals surface area contributed by atoms with Crippen LogP contribution in [0.25, 0.3) is 0 Å². The zero-order chi connectivity index (χ0) is 14.5. The zero-order valence-electron chi connectivity index (χ0n) is 11.9. The standard InChI is InChI=1S/C15H20BrNO3/c1-3-17(10-15(18)19-4-2)9-13-8-11-7-12(16)5-6-14(11)20-13/h5-7,13H,3-4,8-10H2,1-2H3. The molecule has 0 aromatic heterocycles. The molecule has 0 spiro atoms. The van der Waals surface area contributed by atoms with Crippen molar-refractivity contribution in [1.82, 2.24) is 4.90 Å². The number of carbonyl (C=O) groups excluding carboxylic acids is 1. The molecule has 1 heterocycles. The second-order valence-electron chi connectivity index (χ2n) is 4.83. The molecule has 5 heteroatoms. The quantitative estimate of drug-likeness (QED) is 0.745. The predicted octanol–water partition coefficient (Wildman–Crippen LogP) is 2.64. The maximum absolute atomic E-state index is 11.5. The molecule has 1 atom stereocenters. The first-order valence-corrected chi connectivity index (χ1v) is 7.74. The molecule has 1 aliphatic rings. The molecule has 20 heavy (non-hydrogen) atoms. The summed E-state index contributed by atoms with van der Waals surface area (Å²) < 4.78 is 12.0. The minimum Gasteiger partial charge on any atom is -0.488 e. The summed E-state index contributed by atoms with van der Waals surface area (Å²) in [4.78, 5) is 13.6. The largest absolute Gasteiger partial charge is 0.488 e. The fraction of sp³-hybridized carbons (Fsp3) is 0.533. The van der Waals surface area contributed by atoms with Crippen molar-refractivity contribution in [2.24, 2.45) is 0 Å². The molecule has 0 bridgehead atoms. The van der Waals surface area contributed by atoms with E-state index in [4.69, 9.17) is 9.47 Å². The van der Waals surface area contributed by atoms with Gasteiger partial charge in [0.2, 0.25) is 0 Å². The second kappa shape index (κ2) is 7.09. The van der Waals surface area contributed by atoms with Crippen molar-refractivity contribution in [3.05, 3.63) is 28.2 Å². The van der Waals surface area contributed by atoms with Gasteiger partial charge in [-0.1, -0.05) is 22.9 Å². The Bertz CT molecular complexity index is 478. The molecule has 0 saturated carbocycles. The average molecular weight is 342 g/mol. The highest BCUT2D eigenvalue weighted by Crippen LogP contribution is 2.31. The van der Waals surface area contributed by atoms with Crippen LogP contribution in [0, 0.1) is 0 Å². The van der Waals surface area contributed by atoms with E-state index in [1.54, 1.807) is 0 Å². The van der Waals surface area contributed by atoms with E-state index in [1.807, 2.05) is 26.0 Å². The first-order valence-electron chi connectivity index (χ1n) is 6.95. The molecule has 1 aliphatic heterocycles. The maximum Gasteiger partial charge on any atom is 0.320 e. The molecule has 1 aromatic rings. The fourth-order valence-electron chi connectivity index (χ4n) is 2.37. The van der Waals surface area contributed by atoms with E-state index in [9.17, 15) is 4.79 Å². The second-order valence-corrected chi connectivity index (χ2v) is 5.74. The van der Waals surface area contributed by atoms with E-state index in [0.29, 0.717) is 13.2 Å². The summed E-state index contributed by atoms with van der Waals surface area (Å²) >= 11 is 3.47. The lowest BCUT2D eigenvalue weighted by atomic mass is 10.1. The summed E-state index contributed by atoms with van der Waals surface area (Å²) in [5.74, 6) is 0.776. The van der Waals surface area contributed by atoms with Crippen molar-refractivity contribution in [3.8, 4) is 5.75 Å². The Morgan fingerprint density at radius 3 is 3.00 bits per heavy atom. The molecular weight excluding hydrogens is 322 g/mol. The van der Waals surface area contributed by atoms with Gasteiger partial charge < -0.3 is 9.47 Å². The van der Waals surface area contributed by atoms with Crippen molar-refractivity contribution in [1.29, 1.82) is 0 Å². The minimum absolute atomic E-state index is 0.105. The SMILES string of the molecule is CCOC(=O)CN(CC)CC1Cc2cc(Br)ccc2O1. The van der Waals surface area contributed by atoms with Gasteiger partial charge in [0.1, 0.15) is 11.9 Å². The van der Waals surface area contributed by atoms with Crippen molar-refractivity contribution < 1.29 is 14.3 Å². The van der Waals surface area contributed by atoms with Gasteiger partial charge in [-0.15, -0.1) is 0 Å². The summed E-state index contributed by atoms with van der Waals surface area (Å²) in [7, 11) is 0. The summed E-state index contributed by atoms with van der Waals surface area (Å²) in [6.07, 6.45) is 0.988. The molecule has 0 amide bonds. The van der Waals surface area contributed by atoms with Crippen LogP contribution in [-0.4, -0.2) is 43.2 Å². The number of esters is 1. The van der Waals surface area contributed by atoms with Crippen LogP contribution in [0.5, 0.6) is 5.75 Å². The van der Waals surface area contributed by atoms with Gasteiger partial charge in [0, 0.05) is 17.4 Å². The lowest BCUT2D eigenvalue weighted by Gasteiger charge is -2.22. The molecule has 0 N–H and O–H groups in total. The molecule has 0 radical (unpaired) electrons. The van der Waals surface area contributed by atoms with E-state index < -0.39 is 0 Å². The lowest BCUT2D eigenvalue weighted by molar-refractivity contribution is -0.144. The Morgan fingerprint density at radius 2 is 2.30 bits per heavy atom. The number of carbonyl (C=O) groups is 1. The molecule has 0 aliphatic carbocycles.